The van der Waals surface area contributed by atoms with E-state index in [0.717, 1.165) is 42.5 Å². The quantitative estimate of drug-likeness (QED) is 0.574. The molecule has 1 fully saturated rings. The third-order valence-electron chi connectivity index (χ3n) is 6.40. The standard InChI is InChI=1S/C24H31F3N4OS/c1-16(2)15-33-31-11-5-8-21-19(14-31)22(29-28-21)23(32)30-12-9-17(10-13-30)18-6-3-4-7-20(18)24(25,26)27/h3-4,6-7,16-17H,5,8-15H2,1-2H3,(H,28,29). The van der Waals surface area contributed by atoms with Crippen LogP contribution in [0.5, 0.6) is 0 Å². The van der Waals surface area contributed by atoms with Crippen molar-refractivity contribution in [2.75, 3.05) is 25.4 Å². The average molecular weight is 481 g/mol. The number of hydrogen-bond acceptors (Lipinski definition) is 4. The largest absolute Gasteiger partial charge is 0.416 e. The molecule has 1 amide bonds. The van der Waals surface area contributed by atoms with Crippen LogP contribution in [0.2, 0.25) is 0 Å². The number of carbonyl (C=O) groups is 1. The molecule has 33 heavy (non-hydrogen) atoms. The lowest BCUT2D eigenvalue weighted by atomic mass is 9.86. The topological polar surface area (TPSA) is 52.2 Å². The fourth-order valence-electron chi connectivity index (χ4n) is 4.66. The summed E-state index contributed by atoms with van der Waals surface area (Å²) in [5.74, 6) is 1.30. The first-order valence-corrected chi connectivity index (χ1v) is 12.6. The van der Waals surface area contributed by atoms with Crippen molar-refractivity contribution >= 4 is 17.9 Å². The van der Waals surface area contributed by atoms with Crippen LogP contribution in [0.25, 0.3) is 0 Å². The normalized spacial score (nSPS) is 18.4. The molecule has 4 rings (SSSR count). The summed E-state index contributed by atoms with van der Waals surface area (Å²) < 4.78 is 42.6. The molecule has 2 aromatic rings. The molecular formula is C24H31F3N4OS. The number of carbonyl (C=O) groups excluding carboxylic acids is 1. The Bertz CT molecular complexity index is 967. The summed E-state index contributed by atoms with van der Waals surface area (Å²) in [4.78, 5) is 15.1. The second-order valence-electron chi connectivity index (χ2n) is 9.34. The van der Waals surface area contributed by atoms with Gasteiger partial charge in [-0.3, -0.25) is 9.89 Å². The van der Waals surface area contributed by atoms with E-state index in [9.17, 15) is 18.0 Å². The number of halogens is 3. The van der Waals surface area contributed by atoms with Crippen LogP contribution < -0.4 is 0 Å². The van der Waals surface area contributed by atoms with Gasteiger partial charge in [-0.05, 0) is 49.1 Å². The number of aromatic amines is 1. The number of piperidine rings is 1. The highest BCUT2D eigenvalue weighted by molar-refractivity contribution is 7.97. The van der Waals surface area contributed by atoms with Crippen molar-refractivity contribution in [2.45, 2.75) is 58.2 Å². The number of H-pyrrole nitrogens is 1. The molecule has 3 heterocycles. The van der Waals surface area contributed by atoms with Crippen molar-refractivity contribution in [3.8, 4) is 0 Å². The number of rotatable bonds is 5. The minimum atomic E-state index is -4.37. The maximum Gasteiger partial charge on any atom is 0.416 e. The van der Waals surface area contributed by atoms with Crippen molar-refractivity contribution in [1.82, 2.24) is 19.4 Å². The first kappa shape index (κ1) is 24.1. The van der Waals surface area contributed by atoms with Crippen LogP contribution in [-0.4, -0.2) is 50.7 Å². The van der Waals surface area contributed by atoms with Gasteiger partial charge in [-0.25, -0.2) is 4.31 Å². The molecule has 0 radical (unpaired) electrons. The minimum absolute atomic E-state index is 0.120. The van der Waals surface area contributed by atoms with Crippen molar-refractivity contribution in [3.05, 3.63) is 52.3 Å². The number of amides is 1. The number of fused-ring (bicyclic) bond motifs is 1. The van der Waals surface area contributed by atoms with E-state index in [1.54, 1.807) is 17.0 Å². The van der Waals surface area contributed by atoms with Crippen molar-refractivity contribution in [2.24, 2.45) is 5.92 Å². The Morgan fingerprint density at radius 1 is 1.21 bits per heavy atom. The molecule has 1 aromatic heterocycles. The second kappa shape index (κ2) is 10.1. The molecule has 2 aliphatic heterocycles. The lowest BCUT2D eigenvalue weighted by Crippen LogP contribution is -2.39. The second-order valence-corrected chi connectivity index (χ2v) is 10.4. The van der Waals surface area contributed by atoms with Gasteiger partial charge in [-0.1, -0.05) is 44.0 Å². The number of aromatic nitrogens is 2. The Morgan fingerprint density at radius 2 is 1.94 bits per heavy atom. The van der Waals surface area contributed by atoms with E-state index in [-0.39, 0.29) is 11.8 Å². The summed E-state index contributed by atoms with van der Waals surface area (Å²) in [5, 5.41) is 7.44. The van der Waals surface area contributed by atoms with E-state index < -0.39 is 11.7 Å². The van der Waals surface area contributed by atoms with Gasteiger partial charge >= 0.3 is 6.18 Å². The lowest BCUT2D eigenvalue weighted by Gasteiger charge is -2.33. The van der Waals surface area contributed by atoms with Crippen molar-refractivity contribution in [3.63, 3.8) is 0 Å². The number of benzene rings is 1. The van der Waals surface area contributed by atoms with Gasteiger partial charge in [0.15, 0.2) is 5.69 Å². The summed E-state index contributed by atoms with van der Waals surface area (Å²) in [5.41, 5.74) is 2.24. The Kier molecular flexibility index (Phi) is 7.38. The summed E-state index contributed by atoms with van der Waals surface area (Å²) in [6.07, 6.45) is -1.46. The molecule has 5 nitrogen and oxygen atoms in total. The van der Waals surface area contributed by atoms with Crippen LogP contribution in [0.3, 0.4) is 0 Å². The van der Waals surface area contributed by atoms with E-state index in [4.69, 9.17) is 0 Å². The Morgan fingerprint density at radius 3 is 2.64 bits per heavy atom. The van der Waals surface area contributed by atoms with Crippen molar-refractivity contribution in [1.29, 1.82) is 0 Å². The zero-order valence-electron chi connectivity index (χ0n) is 19.1. The van der Waals surface area contributed by atoms with Crippen LogP contribution in [-0.2, 0) is 19.1 Å². The highest BCUT2D eigenvalue weighted by Gasteiger charge is 2.36. The molecule has 180 valence electrons. The molecule has 0 unspecified atom stereocenters. The maximum atomic E-state index is 13.4. The molecule has 0 atom stereocenters. The molecule has 0 aliphatic carbocycles. The van der Waals surface area contributed by atoms with Crippen molar-refractivity contribution < 1.29 is 18.0 Å². The van der Waals surface area contributed by atoms with E-state index in [1.807, 2.05) is 11.9 Å². The van der Waals surface area contributed by atoms with E-state index in [1.165, 1.54) is 6.07 Å². The predicted octanol–water partition coefficient (Wildman–Crippen LogP) is 5.50. The zero-order chi connectivity index (χ0) is 23.6. The number of alkyl halides is 3. The number of nitrogens with one attached hydrogen (secondary N) is 1. The highest BCUT2D eigenvalue weighted by Crippen LogP contribution is 2.39. The molecular weight excluding hydrogens is 449 g/mol. The number of likely N-dealkylation sites (tertiary alicyclic amines) is 1. The third-order valence-corrected chi connectivity index (χ3v) is 7.90. The van der Waals surface area contributed by atoms with Crippen LogP contribution in [0.1, 0.15) is 71.9 Å². The number of aryl methyl sites for hydroxylation is 1. The van der Waals surface area contributed by atoms with Crippen LogP contribution >= 0.6 is 11.9 Å². The fraction of sp³-hybridized carbons (Fsp3) is 0.583. The molecule has 0 saturated carbocycles. The van der Waals surface area contributed by atoms with Crippen LogP contribution in [0.4, 0.5) is 13.2 Å². The maximum absolute atomic E-state index is 13.4. The molecule has 1 N–H and O–H groups in total. The van der Waals surface area contributed by atoms with E-state index in [2.05, 4.69) is 28.4 Å². The van der Waals surface area contributed by atoms with Gasteiger partial charge in [-0.2, -0.15) is 18.3 Å². The average Bonchev–Trinajstić information content (AvgIpc) is 3.07. The van der Waals surface area contributed by atoms with E-state index >= 15 is 0 Å². The SMILES string of the molecule is CC(C)CSN1CCCc2[nH]nc(C(=O)N3CCC(c4ccccc4C(F)(F)F)CC3)c2C1. The Balaban J connectivity index is 1.44. The monoisotopic (exact) mass is 480 g/mol. The highest BCUT2D eigenvalue weighted by atomic mass is 32.2. The zero-order valence-corrected chi connectivity index (χ0v) is 19.9. The molecule has 9 heteroatoms. The molecule has 2 aliphatic rings. The Hall–Kier alpha value is -2.00. The number of nitrogens with zero attached hydrogens (tertiary/aromatic N) is 3. The summed E-state index contributed by atoms with van der Waals surface area (Å²) in [7, 11) is 0. The number of hydrogen-bond donors (Lipinski definition) is 1. The molecule has 0 bridgehead atoms. The first-order valence-electron chi connectivity index (χ1n) is 11.6. The predicted molar refractivity (Wildman–Crippen MR) is 124 cm³/mol. The van der Waals surface area contributed by atoms with Gasteiger partial charge in [0.2, 0.25) is 0 Å². The smallest absolute Gasteiger partial charge is 0.337 e. The molecule has 1 saturated heterocycles. The van der Waals surface area contributed by atoms with E-state index in [0.29, 0.717) is 49.7 Å². The van der Waals surface area contributed by atoms with Gasteiger partial charge in [0.1, 0.15) is 0 Å². The summed E-state index contributed by atoms with van der Waals surface area (Å²) in [6.45, 7) is 6.91. The lowest BCUT2D eigenvalue weighted by molar-refractivity contribution is -0.138. The minimum Gasteiger partial charge on any atom is -0.337 e. The Labute approximate surface area is 197 Å². The first-order chi connectivity index (χ1) is 15.7. The molecule has 1 aromatic carbocycles. The summed E-state index contributed by atoms with van der Waals surface area (Å²) >= 11 is 1.82. The fourth-order valence-corrected chi connectivity index (χ4v) is 5.65. The van der Waals surface area contributed by atoms with Crippen LogP contribution in [0, 0.1) is 5.92 Å². The van der Waals surface area contributed by atoms with Gasteiger partial charge in [0, 0.05) is 43.2 Å². The van der Waals surface area contributed by atoms with Gasteiger partial charge in [0.25, 0.3) is 5.91 Å². The third kappa shape index (κ3) is 5.57. The summed E-state index contributed by atoms with van der Waals surface area (Å²) in [6, 6.07) is 5.80. The van der Waals surface area contributed by atoms with Gasteiger partial charge < -0.3 is 4.90 Å². The van der Waals surface area contributed by atoms with Gasteiger partial charge in [0.05, 0.1) is 5.56 Å². The van der Waals surface area contributed by atoms with Crippen LogP contribution in [0.15, 0.2) is 24.3 Å². The molecule has 0 spiro atoms. The van der Waals surface area contributed by atoms with Gasteiger partial charge in [-0.15, -0.1) is 0 Å².